The molecule has 0 spiro atoms. The van der Waals surface area contributed by atoms with E-state index in [9.17, 15) is 4.79 Å². The van der Waals surface area contributed by atoms with Gasteiger partial charge in [0.1, 0.15) is 11.6 Å². The summed E-state index contributed by atoms with van der Waals surface area (Å²) in [5, 5.41) is 0. The van der Waals surface area contributed by atoms with Gasteiger partial charge in [-0.15, -0.1) is 0 Å². The standard InChI is InChI=1S/C13H15N3O/c1-9-7-8-13(12(15)17,11(14)16-9)10-5-3-2-4-6-10/h2-8,11H,14H2,1H3,(H2,15,17). The van der Waals surface area contributed by atoms with Crippen molar-refractivity contribution in [3.63, 3.8) is 0 Å². The van der Waals surface area contributed by atoms with Crippen molar-refractivity contribution in [3.8, 4) is 0 Å². The van der Waals surface area contributed by atoms with Crippen LogP contribution in [-0.2, 0) is 10.2 Å². The van der Waals surface area contributed by atoms with Crippen LogP contribution in [0.25, 0.3) is 0 Å². The Morgan fingerprint density at radius 1 is 1.35 bits per heavy atom. The Labute approximate surface area is 100 Å². The highest BCUT2D eigenvalue weighted by Gasteiger charge is 2.43. The molecule has 88 valence electrons. The van der Waals surface area contributed by atoms with Gasteiger partial charge in [0, 0.05) is 5.71 Å². The van der Waals surface area contributed by atoms with E-state index in [0.717, 1.165) is 11.3 Å². The first-order chi connectivity index (χ1) is 8.07. The van der Waals surface area contributed by atoms with Crippen LogP contribution >= 0.6 is 0 Å². The Morgan fingerprint density at radius 2 is 2.00 bits per heavy atom. The van der Waals surface area contributed by atoms with Gasteiger partial charge in [-0.1, -0.05) is 36.4 Å². The number of aliphatic imine (C=N–C) groups is 1. The molecular weight excluding hydrogens is 214 g/mol. The molecule has 1 aliphatic heterocycles. The van der Waals surface area contributed by atoms with Gasteiger partial charge in [-0.2, -0.15) is 0 Å². The minimum absolute atomic E-state index is 0.483. The highest BCUT2D eigenvalue weighted by atomic mass is 16.1. The molecule has 1 aliphatic rings. The Kier molecular flexibility index (Phi) is 2.81. The van der Waals surface area contributed by atoms with Crippen LogP contribution < -0.4 is 11.5 Å². The van der Waals surface area contributed by atoms with E-state index in [1.807, 2.05) is 37.3 Å². The lowest BCUT2D eigenvalue weighted by Gasteiger charge is -2.33. The normalized spacial score (nSPS) is 27.6. The highest BCUT2D eigenvalue weighted by molar-refractivity contribution is 5.99. The molecule has 1 heterocycles. The fourth-order valence-corrected chi connectivity index (χ4v) is 2.07. The zero-order chi connectivity index (χ0) is 12.5. The molecule has 17 heavy (non-hydrogen) atoms. The molecule has 4 N–H and O–H groups in total. The minimum atomic E-state index is -1.04. The molecule has 0 bridgehead atoms. The van der Waals surface area contributed by atoms with Gasteiger partial charge in [-0.25, -0.2) is 0 Å². The molecule has 2 unspecified atom stereocenters. The topological polar surface area (TPSA) is 81.5 Å². The summed E-state index contributed by atoms with van der Waals surface area (Å²) in [6.45, 7) is 1.84. The first-order valence-electron chi connectivity index (χ1n) is 5.42. The highest BCUT2D eigenvalue weighted by Crippen LogP contribution is 2.31. The Balaban J connectivity index is 2.57. The summed E-state index contributed by atoms with van der Waals surface area (Å²) in [6, 6.07) is 9.26. The number of dihydropyridines is 1. The first-order valence-corrected chi connectivity index (χ1v) is 5.42. The van der Waals surface area contributed by atoms with E-state index < -0.39 is 17.5 Å². The van der Waals surface area contributed by atoms with Crippen LogP contribution in [0.15, 0.2) is 47.5 Å². The van der Waals surface area contributed by atoms with Gasteiger partial charge < -0.3 is 11.5 Å². The van der Waals surface area contributed by atoms with Gasteiger partial charge in [0.25, 0.3) is 0 Å². The first kappa shape index (κ1) is 11.5. The molecule has 1 aromatic rings. The van der Waals surface area contributed by atoms with Crippen LogP contribution in [0.3, 0.4) is 0 Å². The lowest BCUT2D eigenvalue weighted by molar-refractivity contribution is -0.122. The predicted molar refractivity (Wildman–Crippen MR) is 67.5 cm³/mol. The van der Waals surface area contributed by atoms with Gasteiger partial charge in [-0.05, 0) is 18.6 Å². The van der Waals surface area contributed by atoms with Crippen LogP contribution in [0.5, 0.6) is 0 Å². The fraction of sp³-hybridized carbons (Fsp3) is 0.231. The zero-order valence-electron chi connectivity index (χ0n) is 9.63. The van der Waals surface area contributed by atoms with Crippen molar-refractivity contribution in [2.45, 2.75) is 18.5 Å². The van der Waals surface area contributed by atoms with Crippen molar-refractivity contribution in [3.05, 3.63) is 48.0 Å². The van der Waals surface area contributed by atoms with Crippen LogP contribution in [0.4, 0.5) is 0 Å². The summed E-state index contributed by atoms with van der Waals surface area (Å²) in [5.41, 5.74) is 12.1. The molecular formula is C13H15N3O. The third-order valence-corrected chi connectivity index (χ3v) is 3.06. The van der Waals surface area contributed by atoms with E-state index in [1.165, 1.54) is 0 Å². The largest absolute Gasteiger partial charge is 0.369 e. The maximum absolute atomic E-state index is 11.8. The molecule has 1 amide bonds. The van der Waals surface area contributed by atoms with Crippen molar-refractivity contribution in [1.82, 2.24) is 0 Å². The molecule has 0 aliphatic carbocycles. The van der Waals surface area contributed by atoms with Crippen molar-refractivity contribution >= 4 is 11.6 Å². The lowest BCUT2D eigenvalue weighted by Crippen LogP contribution is -2.53. The van der Waals surface area contributed by atoms with Gasteiger partial charge in [-0.3, -0.25) is 9.79 Å². The quantitative estimate of drug-likeness (QED) is 0.783. The van der Waals surface area contributed by atoms with Gasteiger partial charge in [0.15, 0.2) is 0 Å². The van der Waals surface area contributed by atoms with E-state index in [2.05, 4.69) is 4.99 Å². The number of hydrogen-bond acceptors (Lipinski definition) is 3. The number of hydrogen-bond donors (Lipinski definition) is 2. The molecule has 2 rings (SSSR count). The molecule has 0 radical (unpaired) electrons. The average Bonchev–Trinajstić information content (AvgIpc) is 2.30. The van der Waals surface area contributed by atoms with Crippen molar-refractivity contribution < 1.29 is 4.79 Å². The molecule has 0 fully saturated rings. The summed E-state index contributed by atoms with van der Waals surface area (Å²) in [5.74, 6) is -0.483. The van der Waals surface area contributed by atoms with E-state index in [0.29, 0.717) is 0 Å². The number of carbonyl (C=O) groups excluding carboxylic acids is 1. The molecule has 0 aromatic heterocycles. The zero-order valence-corrected chi connectivity index (χ0v) is 9.63. The van der Waals surface area contributed by atoms with Gasteiger partial charge in [0.05, 0.1) is 0 Å². The number of primary amides is 1. The molecule has 4 heteroatoms. The summed E-state index contributed by atoms with van der Waals surface area (Å²) < 4.78 is 0. The Hall–Kier alpha value is -1.94. The Bertz CT molecular complexity index is 493. The summed E-state index contributed by atoms with van der Waals surface area (Å²) in [7, 11) is 0. The van der Waals surface area contributed by atoms with Crippen LogP contribution in [-0.4, -0.2) is 17.8 Å². The van der Waals surface area contributed by atoms with Crippen molar-refractivity contribution in [2.75, 3.05) is 0 Å². The fourth-order valence-electron chi connectivity index (χ4n) is 2.07. The van der Waals surface area contributed by atoms with E-state index in [1.54, 1.807) is 12.2 Å². The van der Waals surface area contributed by atoms with Crippen LogP contribution in [0.1, 0.15) is 12.5 Å². The number of carbonyl (C=O) groups is 1. The van der Waals surface area contributed by atoms with E-state index in [4.69, 9.17) is 11.5 Å². The second-order valence-electron chi connectivity index (χ2n) is 4.15. The van der Waals surface area contributed by atoms with E-state index >= 15 is 0 Å². The number of allylic oxidation sites excluding steroid dienone is 1. The van der Waals surface area contributed by atoms with Gasteiger partial charge >= 0.3 is 0 Å². The maximum atomic E-state index is 11.8. The van der Waals surface area contributed by atoms with E-state index in [-0.39, 0.29) is 0 Å². The Morgan fingerprint density at radius 3 is 2.53 bits per heavy atom. The monoisotopic (exact) mass is 229 g/mol. The molecule has 1 aromatic carbocycles. The number of amides is 1. The second kappa shape index (κ2) is 4.14. The summed E-state index contributed by atoms with van der Waals surface area (Å²) in [6.07, 6.45) is 2.85. The SMILES string of the molecule is CC1=NC(N)C(C(N)=O)(c2ccccc2)C=C1. The average molecular weight is 229 g/mol. The van der Waals surface area contributed by atoms with Crippen molar-refractivity contribution in [2.24, 2.45) is 16.5 Å². The third-order valence-electron chi connectivity index (χ3n) is 3.06. The predicted octanol–water partition coefficient (Wildman–Crippen LogP) is 0.725. The van der Waals surface area contributed by atoms with Crippen molar-refractivity contribution in [1.29, 1.82) is 0 Å². The van der Waals surface area contributed by atoms with Crippen LogP contribution in [0, 0.1) is 0 Å². The minimum Gasteiger partial charge on any atom is -0.369 e. The third kappa shape index (κ3) is 1.76. The summed E-state index contributed by atoms with van der Waals surface area (Å²) in [4.78, 5) is 16.1. The number of nitrogens with two attached hydrogens (primary N) is 2. The molecule has 0 saturated carbocycles. The lowest BCUT2D eigenvalue weighted by atomic mass is 9.75. The smallest absolute Gasteiger partial charge is 0.235 e. The summed E-state index contributed by atoms with van der Waals surface area (Å²) >= 11 is 0. The second-order valence-corrected chi connectivity index (χ2v) is 4.15. The van der Waals surface area contributed by atoms with Crippen LogP contribution in [0.2, 0.25) is 0 Å². The molecule has 4 nitrogen and oxygen atoms in total. The van der Waals surface area contributed by atoms with Gasteiger partial charge in [0.2, 0.25) is 5.91 Å². The number of nitrogens with zero attached hydrogens (tertiary/aromatic N) is 1. The molecule has 2 atom stereocenters. The number of benzene rings is 1. The maximum Gasteiger partial charge on any atom is 0.235 e. The number of rotatable bonds is 2. The molecule has 0 saturated heterocycles.